The largest absolute Gasteiger partial charge is 0.103 e. The molecule has 0 saturated carbocycles. The van der Waals surface area contributed by atoms with Crippen LogP contribution in [0.25, 0.3) is 5.57 Å². The first kappa shape index (κ1) is 16.5. The zero-order valence-corrected chi connectivity index (χ0v) is 13.2. The monoisotopic (exact) mass is 268 g/mol. The highest BCUT2D eigenvalue weighted by molar-refractivity contribution is 5.66. The maximum Gasteiger partial charge on any atom is -0.00973 e. The highest BCUT2D eigenvalue weighted by atomic mass is 14.0. The average molecular weight is 268 g/mol. The molecule has 0 fully saturated rings. The Morgan fingerprint density at radius 2 is 1.90 bits per heavy atom. The lowest BCUT2D eigenvalue weighted by Gasteiger charge is -2.07. The van der Waals surface area contributed by atoms with Gasteiger partial charge in [-0.3, -0.25) is 0 Å². The number of hydrogen-bond donors (Lipinski definition) is 0. The third kappa shape index (κ3) is 6.06. The molecule has 1 rings (SSSR count). The SMILES string of the molecule is C=CC/C(=C\CCC)c1ccc(C/C=C\C(C)C)cc1. The maximum atomic E-state index is 3.86. The van der Waals surface area contributed by atoms with Gasteiger partial charge in [0, 0.05) is 0 Å². The minimum absolute atomic E-state index is 0.630. The summed E-state index contributed by atoms with van der Waals surface area (Å²) in [6, 6.07) is 8.96. The molecular weight excluding hydrogens is 240 g/mol. The summed E-state index contributed by atoms with van der Waals surface area (Å²) in [5.41, 5.74) is 4.10. The van der Waals surface area contributed by atoms with Gasteiger partial charge < -0.3 is 0 Å². The van der Waals surface area contributed by atoms with Gasteiger partial charge in [-0.15, -0.1) is 6.58 Å². The van der Waals surface area contributed by atoms with Crippen LogP contribution in [0.3, 0.4) is 0 Å². The molecule has 0 aromatic heterocycles. The molecule has 0 bridgehead atoms. The second-order valence-corrected chi connectivity index (χ2v) is 5.58. The molecule has 0 N–H and O–H groups in total. The van der Waals surface area contributed by atoms with Gasteiger partial charge in [0.25, 0.3) is 0 Å². The first-order valence-corrected chi connectivity index (χ1v) is 7.73. The molecule has 1 aromatic carbocycles. The standard InChI is InChI=1S/C20H28/c1-5-7-12-19(9-6-2)20-15-13-18(14-16-20)11-8-10-17(3)4/h6,8,10,12-17H,2,5,7,9,11H2,1,3-4H3/b10-8-,19-12+. The predicted octanol–water partition coefficient (Wildman–Crippen LogP) is 6.20. The van der Waals surface area contributed by atoms with Gasteiger partial charge in [0.15, 0.2) is 0 Å². The van der Waals surface area contributed by atoms with Crippen molar-refractivity contribution in [3.8, 4) is 0 Å². The van der Waals surface area contributed by atoms with Crippen LogP contribution in [-0.2, 0) is 6.42 Å². The van der Waals surface area contributed by atoms with E-state index in [9.17, 15) is 0 Å². The Balaban J connectivity index is 2.75. The van der Waals surface area contributed by atoms with E-state index in [-0.39, 0.29) is 0 Å². The summed E-state index contributed by atoms with van der Waals surface area (Å²) in [5, 5.41) is 0. The molecule has 0 aliphatic rings. The molecule has 0 aliphatic carbocycles. The molecule has 20 heavy (non-hydrogen) atoms. The van der Waals surface area contributed by atoms with Gasteiger partial charge in [-0.1, -0.05) is 75.8 Å². The lowest BCUT2D eigenvalue weighted by Crippen LogP contribution is -1.87. The zero-order chi connectivity index (χ0) is 14.8. The highest BCUT2D eigenvalue weighted by Crippen LogP contribution is 2.20. The van der Waals surface area contributed by atoms with Crippen molar-refractivity contribution >= 4 is 5.57 Å². The quantitative estimate of drug-likeness (QED) is 0.492. The topological polar surface area (TPSA) is 0 Å². The summed E-state index contributed by atoms with van der Waals surface area (Å²) in [6.07, 6.45) is 13.2. The van der Waals surface area contributed by atoms with Crippen LogP contribution in [0, 0.1) is 5.92 Å². The lowest BCUT2D eigenvalue weighted by molar-refractivity contribution is 0.827. The molecule has 0 radical (unpaired) electrons. The summed E-state index contributed by atoms with van der Waals surface area (Å²) in [7, 11) is 0. The molecule has 0 nitrogen and oxygen atoms in total. The molecule has 108 valence electrons. The summed E-state index contributed by atoms with van der Waals surface area (Å²) in [4.78, 5) is 0. The molecule has 0 spiro atoms. The van der Waals surface area contributed by atoms with Crippen LogP contribution in [0.15, 0.2) is 55.1 Å². The fourth-order valence-electron chi connectivity index (χ4n) is 2.12. The van der Waals surface area contributed by atoms with E-state index in [1.54, 1.807) is 0 Å². The molecule has 0 heterocycles. The Kier molecular flexibility index (Phi) is 7.72. The fraction of sp³-hybridized carbons (Fsp3) is 0.400. The second-order valence-electron chi connectivity index (χ2n) is 5.58. The third-order valence-corrected chi connectivity index (χ3v) is 3.24. The molecule has 0 atom stereocenters. The number of hydrogen-bond acceptors (Lipinski definition) is 0. The zero-order valence-electron chi connectivity index (χ0n) is 13.2. The van der Waals surface area contributed by atoms with Gasteiger partial charge in [0.1, 0.15) is 0 Å². The maximum absolute atomic E-state index is 3.86. The number of unbranched alkanes of at least 4 members (excludes halogenated alkanes) is 1. The molecular formula is C20H28. The van der Waals surface area contributed by atoms with E-state index in [2.05, 4.69) is 69.8 Å². The Bertz CT molecular complexity index is 443. The highest BCUT2D eigenvalue weighted by Gasteiger charge is 2.00. The molecule has 0 saturated heterocycles. The average Bonchev–Trinajstić information content (AvgIpc) is 2.44. The van der Waals surface area contributed by atoms with Crippen molar-refractivity contribution < 1.29 is 0 Å². The molecule has 0 amide bonds. The van der Waals surface area contributed by atoms with Crippen molar-refractivity contribution in [2.24, 2.45) is 5.92 Å². The number of benzene rings is 1. The summed E-state index contributed by atoms with van der Waals surface area (Å²) < 4.78 is 0. The predicted molar refractivity (Wildman–Crippen MR) is 91.8 cm³/mol. The van der Waals surface area contributed by atoms with Gasteiger partial charge in [-0.25, -0.2) is 0 Å². The van der Waals surface area contributed by atoms with Crippen molar-refractivity contribution in [2.75, 3.05) is 0 Å². The van der Waals surface area contributed by atoms with Gasteiger partial charge in [0.2, 0.25) is 0 Å². The first-order valence-electron chi connectivity index (χ1n) is 7.73. The Morgan fingerprint density at radius 3 is 2.45 bits per heavy atom. The van der Waals surface area contributed by atoms with Crippen molar-refractivity contribution in [3.63, 3.8) is 0 Å². The van der Waals surface area contributed by atoms with Crippen molar-refractivity contribution in [2.45, 2.75) is 46.5 Å². The van der Waals surface area contributed by atoms with E-state index >= 15 is 0 Å². The van der Waals surface area contributed by atoms with E-state index in [0.29, 0.717) is 5.92 Å². The smallest absolute Gasteiger partial charge is 0.00973 e. The molecule has 1 aromatic rings. The molecule has 0 aliphatic heterocycles. The van der Waals surface area contributed by atoms with E-state index in [0.717, 1.165) is 19.3 Å². The third-order valence-electron chi connectivity index (χ3n) is 3.24. The second kappa shape index (κ2) is 9.36. The van der Waals surface area contributed by atoms with Crippen LogP contribution >= 0.6 is 0 Å². The first-order chi connectivity index (χ1) is 9.67. The van der Waals surface area contributed by atoms with Crippen LogP contribution in [0.1, 0.15) is 51.2 Å². The molecule has 0 unspecified atom stereocenters. The van der Waals surface area contributed by atoms with Crippen molar-refractivity contribution in [3.05, 3.63) is 66.3 Å². The van der Waals surface area contributed by atoms with E-state index in [1.807, 2.05) is 6.08 Å². The normalized spacial score (nSPS) is 12.3. The van der Waals surface area contributed by atoms with E-state index in [1.165, 1.54) is 23.1 Å². The fourth-order valence-corrected chi connectivity index (χ4v) is 2.12. The van der Waals surface area contributed by atoms with Gasteiger partial charge in [-0.05, 0) is 41.9 Å². The van der Waals surface area contributed by atoms with Crippen LogP contribution in [0.4, 0.5) is 0 Å². The van der Waals surface area contributed by atoms with Crippen molar-refractivity contribution in [1.82, 2.24) is 0 Å². The van der Waals surface area contributed by atoms with Crippen molar-refractivity contribution in [1.29, 1.82) is 0 Å². The molecule has 0 heteroatoms. The summed E-state index contributed by atoms with van der Waals surface area (Å²) >= 11 is 0. The Morgan fingerprint density at radius 1 is 1.20 bits per heavy atom. The van der Waals surface area contributed by atoms with Crippen LogP contribution in [0.2, 0.25) is 0 Å². The minimum atomic E-state index is 0.630. The summed E-state index contributed by atoms with van der Waals surface area (Å²) in [5.74, 6) is 0.630. The van der Waals surface area contributed by atoms with Gasteiger partial charge >= 0.3 is 0 Å². The Hall–Kier alpha value is -1.56. The lowest BCUT2D eigenvalue weighted by atomic mass is 9.99. The Labute approximate surface area is 124 Å². The van der Waals surface area contributed by atoms with Gasteiger partial charge in [-0.2, -0.15) is 0 Å². The van der Waals surface area contributed by atoms with Crippen LogP contribution in [-0.4, -0.2) is 0 Å². The van der Waals surface area contributed by atoms with Crippen LogP contribution in [0.5, 0.6) is 0 Å². The van der Waals surface area contributed by atoms with E-state index < -0.39 is 0 Å². The van der Waals surface area contributed by atoms with Crippen LogP contribution < -0.4 is 0 Å². The van der Waals surface area contributed by atoms with Gasteiger partial charge in [0.05, 0.1) is 0 Å². The number of allylic oxidation sites excluding steroid dienone is 5. The summed E-state index contributed by atoms with van der Waals surface area (Å²) in [6.45, 7) is 10.5. The number of rotatable bonds is 8. The minimum Gasteiger partial charge on any atom is -0.103 e. The van der Waals surface area contributed by atoms with E-state index in [4.69, 9.17) is 0 Å².